The van der Waals surface area contributed by atoms with Gasteiger partial charge in [0.05, 0.1) is 31.2 Å². The first kappa shape index (κ1) is 25.8. The van der Waals surface area contributed by atoms with E-state index < -0.39 is 23.9 Å². The number of aromatic hydroxyl groups is 1. The number of carbonyl (C=O) groups is 2. The zero-order chi connectivity index (χ0) is 25.8. The third kappa shape index (κ3) is 5.14. The van der Waals surface area contributed by atoms with Crippen LogP contribution in [0.3, 0.4) is 0 Å². The molecule has 4 atom stereocenters. The number of amides is 2. The molecule has 0 saturated carbocycles. The number of carbonyl (C=O) groups excluding carboxylic acids is 2. The summed E-state index contributed by atoms with van der Waals surface area (Å²) in [4.78, 5) is 26.7. The van der Waals surface area contributed by atoms with E-state index in [0.29, 0.717) is 24.8 Å². The second-order valence-electron chi connectivity index (χ2n) is 9.53. The number of hydrogen-bond acceptors (Lipinski definition) is 6. The lowest BCUT2D eigenvalue weighted by Gasteiger charge is -2.36. The molecule has 2 aromatic carbocycles. The van der Waals surface area contributed by atoms with Gasteiger partial charge >= 0.3 is 0 Å². The molecule has 1 heterocycles. The number of phenols is 1. The van der Waals surface area contributed by atoms with Crippen molar-refractivity contribution in [1.82, 2.24) is 4.90 Å². The number of methoxy groups -OCH3 is 1. The van der Waals surface area contributed by atoms with Crippen LogP contribution in [-0.4, -0.2) is 65.5 Å². The van der Waals surface area contributed by atoms with Crippen LogP contribution in [0.1, 0.15) is 30.4 Å². The summed E-state index contributed by atoms with van der Waals surface area (Å²) in [5.74, 6) is -2.19. The molecule has 0 aromatic heterocycles. The first-order chi connectivity index (χ1) is 17.3. The Balaban J connectivity index is 1.63. The summed E-state index contributed by atoms with van der Waals surface area (Å²) in [6.45, 7) is -0.102. The summed E-state index contributed by atoms with van der Waals surface area (Å²) in [5, 5.41) is 31.3. The molecule has 7 nitrogen and oxygen atoms in total. The lowest BCUT2D eigenvalue weighted by molar-refractivity contribution is -0.138. The normalized spacial score (nSPS) is 23.3. The van der Waals surface area contributed by atoms with E-state index in [2.05, 4.69) is 0 Å². The second kappa shape index (κ2) is 11.2. The Labute approximate surface area is 211 Å². The Morgan fingerprint density at radius 2 is 1.81 bits per heavy atom. The van der Waals surface area contributed by atoms with E-state index >= 15 is 0 Å². The topological polar surface area (TPSA) is 107 Å². The van der Waals surface area contributed by atoms with Crippen molar-refractivity contribution < 1.29 is 29.6 Å². The van der Waals surface area contributed by atoms with E-state index in [1.165, 1.54) is 7.05 Å². The van der Waals surface area contributed by atoms with Crippen molar-refractivity contribution in [3.8, 4) is 5.75 Å². The van der Waals surface area contributed by atoms with Crippen LogP contribution < -0.4 is 0 Å². The maximum absolute atomic E-state index is 12.9. The largest absolute Gasteiger partial charge is 0.508 e. The molecule has 1 fully saturated rings. The minimum atomic E-state index is -0.908. The number of phenolic OH excluding ortho intramolecular Hbond substituents is 1. The second-order valence-corrected chi connectivity index (χ2v) is 9.53. The molecule has 2 amide bonds. The first-order valence-electron chi connectivity index (χ1n) is 12.2. The van der Waals surface area contributed by atoms with E-state index in [-0.39, 0.29) is 30.8 Å². The Kier molecular flexibility index (Phi) is 8.04. The van der Waals surface area contributed by atoms with Crippen LogP contribution in [0.4, 0.5) is 0 Å². The maximum atomic E-state index is 12.9. The molecule has 1 aliphatic carbocycles. The van der Waals surface area contributed by atoms with Crippen LogP contribution in [0.25, 0.3) is 11.6 Å². The average Bonchev–Trinajstić information content (AvgIpc) is 3.11. The van der Waals surface area contributed by atoms with Crippen molar-refractivity contribution in [2.24, 2.45) is 17.8 Å². The average molecular weight is 492 g/mol. The van der Waals surface area contributed by atoms with Crippen LogP contribution in [-0.2, 0) is 14.3 Å². The number of hydrogen-bond donors (Lipinski definition) is 3. The van der Waals surface area contributed by atoms with Gasteiger partial charge in [0.2, 0.25) is 11.8 Å². The molecule has 1 aliphatic heterocycles. The van der Waals surface area contributed by atoms with Gasteiger partial charge in [-0.25, -0.2) is 0 Å². The fraction of sp³-hybridized carbons (Fsp3) is 0.379. The van der Waals surface area contributed by atoms with Gasteiger partial charge in [0, 0.05) is 20.1 Å². The van der Waals surface area contributed by atoms with Crippen molar-refractivity contribution in [2.45, 2.75) is 25.4 Å². The number of ether oxygens (including phenoxy) is 1. The van der Waals surface area contributed by atoms with Gasteiger partial charge < -0.3 is 20.1 Å². The van der Waals surface area contributed by atoms with E-state index in [4.69, 9.17) is 4.74 Å². The van der Waals surface area contributed by atoms with Crippen molar-refractivity contribution in [3.63, 3.8) is 0 Å². The number of allylic oxidation sites excluding steroid dienone is 1. The van der Waals surface area contributed by atoms with Crippen LogP contribution in [0.5, 0.6) is 5.75 Å². The highest BCUT2D eigenvalue weighted by atomic mass is 16.5. The number of nitrogens with zero attached hydrogens (tertiary/aromatic N) is 1. The molecule has 0 unspecified atom stereocenters. The molecular weight excluding hydrogens is 458 g/mol. The monoisotopic (exact) mass is 491 g/mol. The molecule has 2 aromatic rings. The van der Waals surface area contributed by atoms with Crippen molar-refractivity contribution in [2.75, 3.05) is 27.4 Å². The summed E-state index contributed by atoms with van der Waals surface area (Å²) < 4.78 is 5.38. The quantitative estimate of drug-likeness (QED) is 0.282. The fourth-order valence-electron chi connectivity index (χ4n) is 5.60. The highest BCUT2D eigenvalue weighted by Gasteiger charge is 2.53. The fourth-order valence-corrected chi connectivity index (χ4v) is 5.60. The molecule has 7 heteroatoms. The van der Waals surface area contributed by atoms with Gasteiger partial charge in [-0.05, 0) is 59.2 Å². The molecule has 36 heavy (non-hydrogen) atoms. The van der Waals surface area contributed by atoms with Crippen LogP contribution in [0, 0.1) is 17.8 Å². The number of aliphatic hydroxyl groups is 2. The van der Waals surface area contributed by atoms with Crippen molar-refractivity contribution >= 4 is 23.5 Å². The highest BCUT2D eigenvalue weighted by Crippen LogP contribution is 2.46. The minimum Gasteiger partial charge on any atom is -0.508 e. The Hall–Kier alpha value is -3.26. The number of aliphatic hydroxyl groups excluding tert-OH is 2. The summed E-state index contributed by atoms with van der Waals surface area (Å²) in [5.41, 5.74) is 4.35. The van der Waals surface area contributed by atoms with Gasteiger partial charge in [-0.15, -0.1) is 0 Å². The highest BCUT2D eigenvalue weighted by molar-refractivity contribution is 6.05. The predicted molar refractivity (Wildman–Crippen MR) is 137 cm³/mol. The number of benzene rings is 2. The molecule has 2 aliphatic rings. The predicted octanol–water partition coefficient (Wildman–Crippen LogP) is 3.26. The zero-order valence-electron chi connectivity index (χ0n) is 20.6. The molecule has 0 radical (unpaired) electrons. The number of fused-ring (bicyclic) bond motifs is 1. The Bertz CT molecular complexity index is 1150. The first-order valence-corrected chi connectivity index (χ1v) is 12.2. The lowest BCUT2D eigenvalue weighted by Crippen LogP contribution is -2.39. The molecular formula is C29H33NO6. The van der Waals surface area contributed by atoms with Crippen LogP contribution in [0.15, 0.2) is 65.7 Å². The van der Waals surface area contributed by atoms with Gasteiger partial charge in [-0.3, -0.25) is 14.5 Å². The minimum absolute atomic E-state index is 0.192. The molecule has 3 N–H and O–H groups in total. The van der Waals surface area contributed by atoms with Gasteiger partial charge in [-0.2, -0.15) is 0 Å². The van der Waals surface area contributed by atoms with Crippen LogP contribution >= 0.6 is 0 Å². The summed E-state index contributed by atoms with van der Waals surface area (Å²) >= 11 is 0. The van der Waals surface area contributed by atoms with Gasteiger partial charge in [0.25, 0.3) is 0 Å². The van der Waals surface area contributed by atoms with E-state index in [1.54, 1.807) is 19.2 Å². The number of rotatable bonds is 9. The molecule has 4 rings (SSSR count). The van der Waals surface area contributed by atoms with Crippen molar-refractivity contribution in [3.05, 3.63) is 76.9 Å². The molecule has 0 bridgehead atoms. The smallest absolute Gasteiger partial charge is 0.233 e. The standard InChI is InChI=1S/C29H33NO6/c1-30-28(34)23-15-21(17-36-2)26(24(16-31)27(23)29(30)35)25(33)13-10-20(19-6-4-3-5-7-19)14-18-8-11-22(32)12-9-18/h3-9,11-12,14,23-25,27,31-33H,10,13,15-17H2,1-2H3/b20-14-/t23-,24+,25-,27-/m1/s1. The van der Waals surface area contributed by atoms with Gasteiger partial charge in [0.1, 0.15) is 5.75 Å². The maximum Gasteiger partial charge on any atom is 0.233 e. The number of likely N-dealkylation sites (tertiary alicyclic amines) is 1. The molecule has 0 spiro atoms. The summed E-state index contributed by atoms with van der Waals surface area (Å²) in [7, 11) is 3.03. The van der Waals surface area contributed by atoms with E-state index in [9.17, 15) is 24.9 Å². The molecule has 190 valence electrons. The molecule has 1 saturated heterocycles. The zero-order valence-corrected chi connectivity index (χ0v) is 20.6. The van der Waals surface area contributed by atoms with Gasteiger partial charge in [-0.1, -0.05) is 48.5 Å². The van der Waals surface area contributed by atoms with E-state index in [1.807, 2.05) is 48.5 Å². The lowest BCUT2D eigenvalue weighted by atomic mass is 9.68. The Morgan fingerprint density at radius 3 is 2.44 bits per heavy atom. The number of imide groups is 1. The third-order valence-electron chi connectivity index (χ3n) is 7.34. The summed E-state index contributed by atoms with van der Waals surface area (Å²) in [6, 6.07) is 16.8. The SMILES string of the molecule is COCC1=C([C@H](O)CC/C(=C/c2ccc(O)cc2)c2ccccc2)[C@H](CO)[C@@H]2C(=O)N(C)C(=O)[C@@H]2C1. The Morgan fingerprint density at radius 1 is 1.11 bits per heavy atom. The van der Waals surface area contributed by atoms with Crippen molar-refractivity contribution in [1.29, 1.82) is 0 Å². The van der Waals surface area contributed by atoms with E-state index in [0.717, 1.165) is 27.2 Å². The summed E-state index contributed by atoms with van der Waals surface area (Å²) in [6.07, 6.45) is 2.36. The third-order valence-corrected chi connectivity index (χ3v) is 7.34. The van der Waals surface area contributed by atoms with Gasteiger partial charge in [0.15, 0.2) is 0 Å². The van der Waals surface area contributed by atoms with Crippen LogP contribution in [0.2, 0.25) is 0 Å².